The first-order chi connectivity index (χ1) is 7.19. The van der Waals surface area contributed by atoms with Crippen molar-refractivity contribution in [3.63, 3.8) is 0 Å². The highest BCUT2D eigenvalue weighted by Gasteiger charge is 2.41. The third-order valence-corrected chi connectivity index (χ3v) is 4.99. The Balaban J connectivity index is 2.10. The molecule has 1 aromatic heterocycles. The summed E-state index contributed by atoms with van der Waals surface area (Å²) in [6.45, 7) is 3.07. The zero-order valence-electron chi connectivity index (χ0n) is 9.57. The van der Waals surface area contributed by atoms with Crippen molar-refractivity contribution in [2.24, 2.45) is 5.73 Å². The van der Waals surface area contributed by atoms with E-state index in [2.05, 4.69) is 36.4 Å². The second-order valence-electron chi connectivity index (χ2n) is 4.58. The molecule has 2 rings (SSSR count). The first-order valence-corrected chi connectivity index (χ1v) is 6.54. The predicted molar refractivity (Wildman–Crippen MR) is 66.1 cm³/mol. The monoisotopic (exact) mass is 224 g/mol. The lowest BCUT2D eigenvalue weighted by Gasteiger charge is -2.50. The van der Waals surface area contributed by atoms with Crippen molar-refractivity contribution < 1.29 is 0 Å². The number of rotatable bonds is 4. The van der Waals surface area contributed by atoms with Crippen LogP contribution in [0.3, 0.4) is 0 Å². The first-order valence-electron chi connectivity index (χ1n) is 5.66. The molecule has 0 amide bonds. The van der Waals surface area contributed by atoms with Gasteiger partial charge in [-0.05, 0) is 44.7 Å². The van der Waals surface area contributed by atoms with Crippen LogP contribution in [0.15, 0.2) is 17.5 Å². The summed E-state index contributed by atoms with van der Waals surface area (Å²) in [6.07, 6.45) is 3.85. The molecule has 1 saturated carbocycles. The zero-order valence-corrected chi connectivity index (χ0v) is 10.4. The summed E-state index contributed by atoms with van der Waals surface area (Å²) in [5, 5.41) is 2.15. The summed E-state index contributed by atoms with van der Waals surface area (Å²) in [4.78, 5) is 3.92. The summed E-state index contributed by atoms with van der Waals surface area (Å²) in [5.74, 6) is 0. The van der Waals surface area contributed by atoms with Gasteiger partial charge in [0.05, 0.1) is 0 Å². The van der Waals surface area contributed by atoms with Crippen molar-refractivity contribution in [1.82, 2.24) is 4.90 Å². The van der Waals surface area contributed by atoms with Gasteiger partial charge >= 0.3 is 0 Å². The van der Waals surface area contributed by atoms with Crippen LogP contribution in [-0.4, -0.2) is 24.0 Å². The van der Waals surface area contributed by atoms with Gasteiger partial charge in [-0.2, -0.15) is 0 Å². The van der Waals surface area contributed by atoms with Gasteiger partial charge in [0.1, 0.15) is 0 Å². The van der Waals surface area contributed by atoms with Crippen LogP contribution in [0.4, 0.5) is 0 Å². The van der Waals surface area contributed by atoms with Gasteiger partial charge in [0, 0.05) is 23.0 Å². The molecule has 15 heavy (non-hydrogen) atoms. The molecule has 1 aliphatic rings. The topological polar surface area (TPSA) is 29.3 Å². The van der Waals surface area contributed by atoms with Gasteiger partial charge in [-0.15, -0.1) is 11.3 Å². The maximum absolute atomic E-state index is 5.92. The summed E-state index contributed by atoms with van der Waals surface area (Å²) in [6, 6.07) is 4.84. The van der Waals surface area contributed by atoms with Crippen LogP contribution < -0.4 is 5.73 Å². The molecule has 0 radical (unpaired) electrons. The van der Waals surface area contributed by atoms with E-state index in [1.54, 1.807) is 0 Å². The van der Waals surface area contributed by atoms with E-state index in [9.17, 15) is 0 Å². The third-order valence-electron chi connectivity index (χ3n) is 3.95. The number of nitrogens with zero attached hydrogens (tertiary/aromatic N) is 1. The fourth-order valence-corrected chi connectivity index (χ4v) is 3.24. The Morgan fingerprint density at radius 1 is 1.60 bits per heavy atom. The van der Waals surface area contributed by atoms with Crippen LogP contribution in [-0.2, 0) is 0 Å². The minimum absolute atomic E-state index is 0.281. The fourth-order valence-electron chi connectivity index (χ4n) is 2.42. The Labute approximate surface area is 96.1 Å². The Kier molecular flexibility index (Phi) is 3.14. The van der Waals surface area contributed by atoms with Gasteiger partial charge in [-0.25, -0.2) is 0 Å². The lowest BCUT2D eigenvalue weighted by atomic mass is 9.75. The molecular formula is C12H20N2S. The Bertz CT molecular complexity index is 298. The van der Waals surface area contributed by atoms with Crippen molar-refractivity contribution in [3.8, 4) is 0 Å². The minimum Gasteiger partial charge on any atom is -0.329 e. The van der Waals surface area contributed by atoms with Crippen LogP contribution >= 0.6 is 11.3 Å². The average molecular weight is 224 g/mol. The lowest BCUT2D eigenvalue weighted by Crippen LogP contribution is -2.57. The van der Waals surface area contributed by atoms with Crippen LogP contribution in [0.5, 0.6) is 0 Å². The number of nitrogens with two attached hydrogens (primary N) is 1. The zero-order chi connectivity index (χ0) is 10.9. The SMILES string of the molecule is CC(c1cccs1)N(C)C1(CN)CCC1. The largest absolute Gasteiger partial charge is 0.329 e. The molecular weight excluding hydrogens is 204 g/mol. The van der Waals surface area contributed by atoms with E-state index in [4.69, 9.17) is 5.73 Å². The fraction of sp³-hybridized carbons (Fsp3) is 0.667. The van der Waals surface area contributed by atoms with Gasteiger partial charge in [0.25, 0.3) is 0 Å². The molecule has 2 nitrogen and oxygen atoms in total. The summed E-state index contributed by atoms with van der Waals surface area (Å²) in [5.41, 5.74) is 6.20. The highest BCUT2D eigenvalue weighted by atomic mass is 32.1. The maximum Gasteiger partial charge on any atom is 0.0416 e. The lowest BCUT2D eigenvalue weighted by molar-refractivity contribution is 0.0173. The molecule has 3 heteroatoms. The van der Waals surface area contributed by atoms with E-state index in [-0.39, 0.29) is 5.54 Å². The molecule has 1 aromatic rings. The van der Waals surface area contributed by atoms with E-state index in [1.807, 2.05) is 11.3 Å². The van der Waals surface area contributed by atoms with E-state index >= 15 is 0 Å². The second-order valence-corrected chi connectivity index (χ2v) is 5.56. The summed E-state index contributed by atoms with van der Waals surface area (Å²) < 4.78 is 0. The Morgan fingerprint density at radius 2 is 2.33 bits per heavy atom. The van der Waals surface area contributed by atoms with E-state index in [0.29, 0.717) is 6.04 Å². The molecule has 1 heterocycles. The molecule has 84 valence electrons. The van der Waals surface area contributed by atoms with E-state index in [0.717, 1.165) is 6.54 Å². The molecule has 2 N–H and O–H groups in total. The van der Waals surface area contributed by atoms with Gasteiger partial charge < -0.3 is 5.73 Å². The Morgan fingerprint density at radius 3 is 2.73 bits per heavy atom. The molecule has 1 atom stereocenters. The normalized spacial score (nSPS) is 21.3. The number of hydrogen-bond acceptors (Lipinski definition) is 3. The minimum atomic E-state index is 0.281. The maximum atomic E-state index is 5.92. The molecule has 0 bridgehead atoms. The molecule has 0 aliphatic heterocycles. The predicted octanol–water partition coefficient (Wildman–Crippen LogP) is 2.62. The molecule has 1 unspecified atom stereocenters. The number of likely N-dealkylation sites (N-methyl/N-ethyl adjacent to an activating group) is 1. The number of thiophene rings is 1. The third kappa shape index (κ3) is 1.84. The highest BCUT2D eigenvalue weighted by molar-refractivity contribution is 7.10. The molecule has 0 saturated heterocycles. The molecule has 1 aliphatic carbocycles. The van der Waals surface area contributed by atoms with Gasteiger partial charge in [0.15, 0.2) is 0 Å². The van der Waals surface area contributed by atoms with E-state index < -0.39 is 0 Å². The van der Waals surface area contributed by atoms with Crippen molar-refractivity contribution in [3.05, 3.63) is 22.4 Å². The average Bonchev–Trinajstić information content (AvgIpc) is 2.68. The van der Waals surface area contributed by atoms with Crippen LogP contribution in [0.1, 0.15) is 37.1 Å². The van der Waals surface area contributed by atoms with E-state index in [1.165, 1.54) is 24.1 Å². The highest BCUT2D eigenvalue weighted by Crippen LogP contribution is 2.40. The van der Waals surface area contributed by atoms with Gasteiger partial charge in [0.2, 0.25) is 0 Å². The van der Waals surface area contributed by atoms with Crippen LogP contribution in [0.25, 0.3) is 0 Å². The summed E-state index contributed by atoms with van der Waals surface area (Å²) >= 11 is 1.84. The van der Waals surface area contributed by atoms with Crippen molar-refractivity contribution in [2.75, 3.05) is 13.6 Å². The Hall–Kier alpha value is -0.380. The number of hydrogen-bond donors (Lipinski definition) is 1. The van der Waals surface area contributed by atoms with Crippen LogP contribution in [0.2, 0.25) is 0 Å². The van der Waals surface area contributed by atoms with Crippen molar-refractivity contribution in [2.45, 2.75) is 37.8 Å². The van der Waals surface area contributed by atoms with Crippen molar-refractivity contribution >= 4 is 11.3 Å². The molecule has 1 fully saturated rings. The van der Waals surface area contributed by atoms with Gasteiger partial charge in [-0.3, -0.25) is 4.90 Å². The molecule has 0 spiro atoms. The first kappa shape index (κ1) is 11.1. The molecule has 0 aromatic carbocycles. The summed E-state index contributed by atoms with van der Waals surface area (Å²) in [7, 11) is 2.22. The van der Waals surface area contributed by atoms with Gasteiger partial charge in [-0.1, -0.05) is 6.07 Å². The second kappa shape index (κ2) is 4.24. The van der Waals surface area contributed by atoms with Crippen molar-refractivity contribution in [1.29, 1.82) is 0 Å². The quantitative estimate of drug-likeness (QED) is 0.852. The standard InChI is InChI=1S/C12H20N2S/c1-10(11-5-3-8-15-11)14(2)12(9-13)6-4-7-12/h3,5,8,10H,4,6-7,9,13H2,1-2H3. The smallest absolute Gasteiger partial charge is 0.0416 e. The van der Waals surface area contributed by atoms with Crippen LogP contribution in [0, 0.1) is 0 Å².